The number of primary amides is 1. The van der Waals surface area contributed by atoms with Crippen molar-refractivity contribution in [1.82, 2.24) is 15.0 Å². The van der Waals surface area contributed by atoms with Crippen LogP contribution in [0.3, 0.4) is 0 Å². The average molecular weight is 331 g/mol. The minimum absolute atomic E-state index is 0.0941. The van der Waals surface area contributed by atoms with Gasteiger partial charge in [0.2, 0.25) is 5.91 Å². The Morgan fingerprint density at radius 2 is 2.17 bits per heavy atom. The van der Waals surface area contributed by atoms with E-state index in [1.807, 2.05) is 24.3 Å². The number of carbonyl (C=O) groups excluding carboxylic acids is 2. The summed E-state index contributed by atoms with van der Waals surface area (Å²) in [5, 5.41) is 7.66. The maximum absolute atomic E-state index is 12.8. The second kappa shape index (κ2) is 6.41. The quantitative estimate of drug-likeness (QED) is 0.910. The van der Waals surface area contributed by atoms with Crippen LogP contribution in [0, 0.1) is 5.92 Å². The van der Waals surface area contributed by atoms with Gasteiger partial charge in [-0.3, -0.25) is 9.59 Å². The molecule has 1 unspecified atom stereocenters. The minimum Gasteiger partial charge on any atom is -0.368 e. The van der Waals surface area contributed by atoms with E-state index in [0.29, 0.717) is 12.5 Å². The molecule has 120 valence electrons. The second-order valence-electron chi connectivity index (χ2n) is 5.57. The van der Waals surface area contributed by atoms with Crippen LogP contribution < -0.4 is 10.6 Å². The lowest BCUT2D eigenvalue weighted by Gasteiger charge is -2.23. The van der Waals surface area contributed by atoms with Crippen LogP contribution in [0.4, 0.5) is 5.69 Å². The Balaban J connectivity index is 1.91. The molecule has 1 atom stereocenters. The van der Waals surface area contributed by atoms with Crippen molar-refractivity contribution in [2.24, 2.45) is 11.7 Å². The van der Waals surface area contributed by atoms with Crippen LogP contribution in [0.15, 0.2) is 35.4 Å². The van der Waals surface area contributed by atoms with Gasteiger partial charge in [-0.15, -0.1) is 16.9 Å². The standard InChI is InChI=1S/C15H17N5O2S/c1-10-6-20(12-4-2-3-5-13(12)23-9-10)15(22)11-7-19(18-17-11)8-14(16)21/h2-5,7,10H,6,8-9H2,1H3,(H2,16,21). The van der Waals surface area contributed by atoms with E-state index in [1.165, 1.54) is 10.9 Å². The Bertz CT molecular complexity index is 745. The largest absolute Gasteiger partial charge is 0.368 e. The van der Waals surface area contributed by atoms with Crippen LogP contribution in [0.5, 0.6) is 0 Å². The zero-order chi connectivity index (χ0) is 16.4. The van der Waals surface area contributed by atoms with Crippen molar-refractivity contribution in [2.75, 3.05) is 17.2 Å². The number of rotatable bonds is 3. The van der Waals surface area contributed by atoms with E-state index in [9.17, 15) is 9.59 Å². The van der Waals surface area contributed by atoms with Crippen LogP contribution >= 0.6 is 11.8 Å². The number of hydrogen-bond donors (Lipinski definition) is 1. The number of benzene rings is 1. The summed E-state index contributed by atoms with van der Waals surface area (Å²) >= 11 is 1.75. The molecule has 2 N–H and O–H groups in total. The summed E-state index contributed by atoms with van der Waals surface area (Å²) in [6, 6.07) is 7.83. The lowest BCUT2D eigenvalue weighted by atomic mass is 10.1. The first kappa shape index (κ1) is 15.5. The van der Waals surface area contributed by atoms with Gasteiger partial charge in [0.25, 0.3) is 5.91 Å². The zero-order valence-electron chi connectivity index (χ0n) is 12.7. The highest BCUT2D eigenvalue weighted by atomic mass is 32.2. The van der Waals surface area contributed by atoms with Crippen LogP contribution in [0.2, 0.25) is 0 Å². The predicted octanol–water partition coefficient (Wildman–Crippen LogP) is 1.15. The number of nitrogens with two attached hydrogens (primary N) is 1. The van der Waals surface area contributed by atoms with Gasteiger partial charge in [-0.1, -0.05) is 24.3 Å². The Hall–Kier alpha value is -2.35. The number of para-hydroxylation sites is 1. The van der Waals surface area contributed by atoms with E-state index < -0.39 is 5.91 Å². The molecule has 0 fully saturated rings. The van der Waals surface area contributed by atoms with Crippen molar-refractivity contribution in [2.45, 2.75) is 18.4 Å². The summed E-state index contributed by atoms with van der Waals surface area (Å²) in [6.07, 6.45) is 1.46. The third-order valence-electron chi connectivity index (χ3n) is 3.49. The van der Waals surface area contributed by atoms with Gasteiger partial charge in [-0.05, 0) is 18.1 Å². The highest BCUT2D eigenvalue weighted by Gasteiger charge is 2.27. The third kappa shape index (κ3) is 3.37. The van der Waals surface area contributed by atoms with E-state index in [4.69, 9.17) is 5.73 Å². The van der Waals surface area contributed by atoms with Gasteiger partial charge in [0.15, 0.2) is 5.69 Å². The van der Waals surface area contributed by atoms with Crippen molar-refractivity contribution >= 4 is 29.3 Å². The van der Waals surface area contributed by atoms with Crippen molar-refractivity contribution in [3.63, 3.8) is 0 Å². The van der Waals surface area contributed by atoms with Gasteiger partial charge in [-0.2, -0.15) is 0 Å². The molecule has 7 nitrogen and oxygen atoms in total. The highest BCUT2D eigenvalue weighted by molar-refractivity contribution is 7.99. The molecule has 2 amide bonds. The van der Waals surface area contributed by atoms with Crippen LogP contribution in [-0.2, 0) is 11.3 Å². The van der Waals surface area contributed by atoms with Crippen molar-refractivity contribution in [1.29, 1.82) is 0 Å². The molecule has 1 aromatic carbocycles. The van der Waals surface area contributed by atoms with Gasteiger partial charge in [0.1, 0.15) is 6.54 Å². The number of anilines is 1. The molecule has 1 aliphatic rings. The molecule has 0 radical (unpaired) electrons. The van der Waals surface area contributed by atoms with Gasteiger partial charge >= 0.3 is 0 Å². The molecule has 0 saturated heterocycles. The van der Waals surface area contributed by atoms with Crippen molar-refractivity contribution < 1.29 is 9.59 Å². The summed E-state index contributed by atoms with van der Waals surface area (Å²) in [6.45, 7) is 2.64. The molecule has 0 aliphatic carbocycles. The molecular weight excluding hydrogens is 314 g/mol. The van der Waals surface area contributed by atoms with Crippen molar-refractivity contribution in [3.05, 3.63) is 36.2 Å². The fourth-order valence-electron chi connectivity index (χ4n) is 2.46. The SMILES string of the molecule is CC1CSc2ccccc2N(C(=O)c2cn(CC(N)=O)nn2)C1. The summed E-state index contributed by atoms with van der Waals surface area (Å²) < 4.78 is 1.28. The van der Waals surface area contributed by atoms with E-state index >= 15 is 0 Å². The molecule has 3 rings (SSSR count). The van der Waals surface area contributed by atoms with Gasteiger partial charge in [0, 0.05) is 17.2 Å². The molecular formula is C15H17N5O2S. The first-order valence-corrected chi connectivity index (χ1v) is 8.25. The summed E-state index contributed by atoms with van der Waals surface area (Å²) in [7, 11) is 0. The number of aromatic nitrogens is 3. The van der Waals surface area contributed by atoms with Gasteiger partial charge in [-0.25, -0.2) is 4.68 Å². The smallest absolute Gasteiger partial charge is 0.280 e. The molecule has 2 heterocycles. The number of thioether (sulfide) groups is 1. The van der Waals surface area contributed by atoms with E-state index in [-0.39, 0.29) is 18.1 Å². The van der Waals surface area contributed by atoms with E-state index in [2.05, 4.69) is 17.2 Å². The van der Waals surface area contributed by atoms with Gasteiger partial charge < -0.3 is 10.6 Å². The lowest BCUT2D eigenvalue weighted by molar-refractivity contribution is -0.118. The predicted molar refractivity (Wildman–Crippen MR) is 87.2 cm³/mol. The molecule has 1 aliphatic heterocycles. The van der Waals surface area contributed by atoms with Crippen LogP contribution in [-0.4, -0.2) is 39.1 Å². The maximum atomic E-state index is 12.8. The highest BCUT2D eigenvalue weighted by Crippen LogP contribution is 2.35. The number of carbonyl (C=O) groups is 2. The summed E-state index contributed by atoms with van der Waals surface area (Å²) in [4.78, 5) is 26.6. The second-order valence-corrected chi connectivity index (χ2v) is 6.63. The number of nitrogens with zero attached hydrogens (tertiary/aromatic N) is 4. The van der Waals surface area contributed by atoms with Gasteiger partial charge in [0.05, 0.1) is 11.9 Å². The molecule has 8 heteroatoms. The fourth-order valence-corrected chi connectivity index (χ4v) is 3.53. The van der Waals surface area contributed by atoms with E-state index in [1.54, 1.807) is 16.7 Å². The topological polar surface area (TPSA) is 94.1 Å². The molecule has 23 heavy (non-hydrogen) atoms. The normalized spacial score (nSPS) is 17.4. The first-order chi connectivity index (χ1) is 11.0. The van der Waals surface area contributed by atoms with Crippen LogP contribution in [0.1, 0.15) is 17.4 Å². The lowest BCUT2D eigenvalue weighted by Crippen LogP contribution is -2.35. The maximum Gasteiger partial charge on any atom is 0.280 e. The Kier molecular flexibility index (Phi) is 4.33. The third-order valence-corrected chi connectivity index (χ3v) is 4.89. The first-order valence-electron chi connectivity index (χ1n) is 7.26. The van der Waals surface area contributed by atoms with Crippen LogP contribution in [0.25, 0.3) is 0 Å². The number of amides is 2. The summed E-state index contributed by atoms with van der Waals surface area (Å²) in [5.41, 5.74) is 6.22. The molecule has 0 spiro atoms. The Morgan fingerprint density at radius 3 is 2.96 bits per heavy atom. The fraction of sp³-hybridized carbons (Fsp3) is 0.333. The molecule has 0 bridgehead atoms. The average Bonchev–Trinajstić information content (AvgIpc) is 2.90. The molecule has 2 aromatic rings. The minimum atomic E-state index is -0.529. The Morgan fingerprint density at radius 1 is 1.39 bits per heavy atom. The number of hydrogen-bond acceptors (Lipinski definition) is 5. The summed E-state index contributed by atoms with van der Waals surface area (Å²) in [5.74, 6) is 0.563. The monoisotopic (exact) mass is 331 g/mol. The van der Waals surface area contributed by atoms with Crippen molar-refractivity contribution in [3.8, 4) is 0 Å². The number of fused-ring (bicyclic) bond motifs is 1. The molecule has 1 aromatic heterocycles. The molecule has 0 saturated carbocycles. The Labute approximate surface area is 137 Å². The van der Waals surface area contributed by atoms with E-state index in [0.717, 1.165) is 16.3 Å². The zero-order valence-corrected chi connectivity index (χ0v) is 13.5.